The molecular formula is C35H34N4O6. The second-order valence-electron chi connectivity index (χ2n) is 10.0. The van der Waals surface area contributed by atoms with Gasteiger partial charge in [0.25, 0.3) is 5.91 Å². The molecule has 0 aliphatic heterocycles. The number of nitrogens with one attached hydrogen (secondary N) is 2. The predicted octanol–water partition coefficient (Wildman–Crippen LogP) is 6.45. The minimum absolute atomic E-state index is 0.104. The molecule has 0 atom stereocenters. The Morgan fingerprint density at radius 2 is 1.60 bits per heavy atom. The summed E-state index contributed by atoms with van der Waals surface area (Å²) in [6.45, 7) is 6.36. The molecular weight excluding hydrogens is 572 g/mol. The zero-order valence-corrected chi connectivity index (χ0v) is 25.3. The Labute approximate surface area is 261 Å². The first-order chi connectivity index (χ1) is 21.9. The van der Waals surface area contributed by atoms with Gasteiger partial charge in [-0.3, -0.25) is 9.59 Å². The van der Waals surface area contributed by atoms with E-state index in [9.17, 15) is 9.59 Å². The van der Waals surface area contributed by atoms with Gasteiger partial charge < -0.3 is 28.5 Å². The van der Waals surface area contributed by atoms with Crippen molar-refractivity contribution < 1.29 is 28.2 Å². The molecule has 0 radical (unpaired) electrons. The van der Waals surface area contributed by atoms with E-state index < -0.39 is 5.91 Å². The summed E-state index contributed by atoms with van der Waals surface area (Å²) in [4.78, 5) is 24.8. The number of aryl methyl sites for hydroxylation is 2. The average molecular weight is 607 g/mol. The predicted molar refractivity (Wildman–Crippen MR) is 172 cm³/mol. The molecule has 10 heteroatoms. The second-order valence-corrected chi connectivity index (χ2v) is 10.0. The van der Waals surface area contributed by atoms with Crippen molar-refractivity contribution in [2.75, 3.05) is 18.5 Å². The molecule has 3 aromatic carbocycles. The third-order valence-electron chi connectivity index (χ3n) is 6.70. The zero-order chi connectivity index (χ0) is 31.6. The van der Waals surface area contributed by atoms with Gasteiger partial charge in [0.15, 0.2) is 23.9 Å². The first-order valence-corrected chi connectivity index (χ1v) is 14.4. The number of anilines is 1. The van der Waals surface area contributed by atoms with Gasteiger partial charge in [0.05, 0.1) is 12.8 Å². The molecule has 0 aliphatic carbocycles. The van der Waals surface area contributed by atoms with Crippen molar-refractivity contribution in [3.63, 3.8) is 0 Å². The maximum Gasteiger partial charge on any atom is 0.307 e. The number of hydrogen-bond acceptors (Lipinski definition) is 7. The summed E-state index contributed by atoms with van der Waals surface area (Å²) < 4.78 is 25.0. The van der Waals surface area contributed by atoms with E-state index in [2.05, 4.69) is 46.4 Å². The van der Waals surface area contributed by atoms with Crippen LogP contribution in [0.15, 0.2) is 107 Å². The lowest BCUT2D eigenvalue weighted by Gasteiger charge is -2.12. The molecule has 5 rings (SSSR count). The van der Waals surface area contributed by atoms with Gasteiger partial charge in [-0.05, 0) is 105 Å². The first kappa shape index (κ1) is 30.7. The summed E-state index contributed by atoms with van der Waals surface area (Å²) in [6, 6.07) is 29.5. The van der Waals surface area contributed by atoms with Crippen molar-refractivity contribution in [2.45, 2.75) is 27.4 Å². The van der Waals surface area contributed by atoms with Crippen LogP contribution in [0.5, 0.6) is 17.2 Å². The number of carbonyl (C=O) groups excluding carboxylic acids is 2. The van der Waals surface area contributed by atoms with Crippen molar-refractivity contribution in [3.05, 3.63) is 126 Å². The van der Waals surface area contributed by atoms with Crippen molar-refractivity contribution in [3.8, 4) is 22.9 Å². The summed E-state index contributed by atoms with van der Waals surface area (Å²) in [7, 11) is 0. The molecule has 2 amide bonds. The van der Waals surface area contributed by atoms with Gasteiger partial charge in [0.2, 0.25) is 0 Å². The highest BCUT2D eigenvalue weighted by molar-refractivity contribution is 5.93. The largest absolute Gasteiger partial charge is 0.490 e. The Balaban J connectivity index is 1.11. The summed E-state index contributed by atoms with van der Waals surface area (Å²) >= 11 is 0. The van der Waals surface area contributed by atoms with Crippen LogP contribution in [0.25, 0.3) is 5.69 Å². The van der Waals surface area contributed by atoms with E-state index in [1.807, 2.05) is 49.4 Å². The Kier molecular flexibility index (Phi) is 9.96. The number of nitrogens with zero attached hydrogens (tertiary/aromatic N) is 2. The Morgan fingerprint density at radius 1 is 0.844 bits per heavy atom. The molecule has 45 heavy (non-hydrogen) atoms. The molecule has 0 bridgehead atoms. The van der Waals surface area contributed by atoms with Crippen LogP contribution >= 0.6 is 0 Å². The van der Waals surface area contributed by atoms with Crippen LogP contribution < -0.4 is 25.0 Å². The van der Waals surface area contributed by atoms with Crippen LogP contribution in [0.4, 0.5) is 5.69 Å². The molecule has 0 unspecified atom stereocenters. The zero-order valence-electron chi connectivity index (χ0n) is 25.3. The molecule has 0 spiro atoms. The summed E-state index contributed by atoms with van der Waals surface area (Å²) in [5.41, 5.74) is 7.18. The Hall–Kier alpha value is -5.77. The lowest BCUT2D eigenvalue weighted by molar-refractivity contribution is -0.118. The number of hydrazone groups is 1. The fourth-order valence-electron chi connectivity index (χ4n) is 4.57. The highest BCUT2D eigenvalue weighted by atomic mass is 16.5. The molecule has 0 fully saturated rings. The van der Waals surface area contributed by atoms with E-state index in [-0.39, 0.29) is 24.9 Å². The Morgan fingerprint density at radius 3 is 2.33 bits per heavy atom. The van der Waals surface area contributed by atoms with E-state index in [1.54, 1.807) is 42.5 Å². The highest BCUT2D eigenvalue weighted by Gasteiger charge is 2.12. The van der Waals surface area contributed by atoms with Gasteiger partial charge in [-0.2, -0.15) is 5.10 Å². The number of hydrogen-bond donors (Lipinski definition) is 2. The van der Waals surface area contributed by atoms with Gasteiger partial charge in [0, 0.05) is 22.8 Å². The quantitative estimate of drug-likeness (QED) is 0.118. The number of para-hydroxylation sites is 1. The molecule has 2 heterocycles. The maximum absolute atomic E-state index is 12.6. The molecule has 0 saturated heterocycles. The number of furan rings is 1. The number of rotatable bonds is 13. The number of carbonyl (C=O) groups is 2. The number of benzene rings is 3. The third kappa shape index (κ3) is 8.20. The maximum atomic E-state index is 12.6. The van der Waals surface area contributed by atoms with Gasteiger partial charge >= 0.3 is 5.91 Å². The van der Waals surface area contributed by atoms with Gasteiger partial charge in [-0.15, -0.1) is 0 Å². The summed E-state index contributed by atoms with van der Waals surface area (Å²) in [6.07, 6.45) is 1.47. The van der Waals surface area contributed by atoms with Gasteiger partial charge in [0.1, 0.15) is 18.1 Å². The fourth-order valence-corrected chi connectivity index (χ4v) is 4.57. The van der Waals surface area contributed by atoms with Crippen molar-refractivity contribution >= 4 is 23.7 Å². The lowest BCUT2D eigenvalue weighted by Crippen LogP contribution is -2.20. The summed E-state index contributed by atoms with van der Waals surface area (Å²) in [5, 5.41) is 6.81. The van der Waals surface area contributed by atoms with Crippen LogP contribution in [-0.2, 0) is 11.4 Å². The van der Waals surface area contributed by atoms with Gasteiger partial charge in [-0.25, -0.2) is 5.43 Å². The van der Waals surface area contributed by atoms with Crippen molar-refractivity contribution in [1.29, 1.82) is 0 Å². The summed E-state index contributed by atoms with van der Waals surface area (Å²) in [5.74, 6) is 1.35. The Bertz CT molecular complexity index is 1750. The van der Waals surface area contributed by atoms with E-state index in [1.165, 1.54) is 6.21 Å². The van der Waals surface area contributed by atoms with E-state index in [0.29, 0.717) is 40.9 Å². The molecule has 5 aromatic rings. The minimum Gasteiger partial charge on any atom is -0.490 e. The standard InChI is InChI=1S/C35H34N4O6/c1-4-42-33-20-26(12-18-31(33)44-23-34(40)37-27-8-6-5-7-9-27)21-36-38-35(41)32-19-17-30(45-32)22-43-29-15-13-28(14-16-29)39-24(2)10-11-25(39)3/h5-21H,4,22-23H2,1-3H3,(H,37,40)(H,38,41)/b36-21+. The molecule has 10 nitrogen and oxygen atoms in total. The van der Waals surface area contributed by atoms with Crippen molar-refractivity contribution in [2.24, 2.45) is 5.10 Å². The van der Waals surface area contributed by atoms with E-state index in [0.717, 1.165) is 17.1 Å². The average Bonchev–Trinajstić information content (AvgIpc) is 3.66. The molecule has 230 valence electrons. The molecule has 0 aliphatic rings. The topological polar surface area (TPSA) is 116 Å². The molecule has 2 aromatic heterocycles. The van der Waals surface area contributed by atoms with Crippen LogP contribution in [0.1, 0.15) is 40.2 Å². The van der Waals surface area contributed by atoms with E-state index in [4.69, 9.17) is 18.6 Å². The highest BCUT2D eigenvalue weighted by Crippen LogP contribution is 2.28. The first-order valence-electron chi connectivity index (χ1n) is 14.4. The number of amides is 2. The smallest absolute Gasteiger partial charge is 0.307 e. The molecule has 2 N–H and O–H groups in total. The fraction of sp³-hybridized carbons (Fsp3) is 0.171. The van der Waals surface area contributed by atoms with Crippen LogP contribution in [-0.4, -0.2) is 35.8 Å². The van der Waals surface area contributed by atoms with E-state index >= 15 is 0 Å². The number of aromatic nitrogens is 1. The lowest BCUT2D eigenvalue weighted by atomic mass is 10.2. The second kappa shape index (κ2) is 14.6. The molecule has 0 saturated carbocycles. The van der Waals surface area contributed by atoms with Crippen LogP contribution in [0, 0.1) is 13.8 Å². The van der Waals surface area contributed by atoms with Gasteiger partial charge in [-0.1, -0.05) is 18.2 Å². The van der Waals surface area contributed by atoms with Crippen LogP contribution in [0.3, 0.4) is 0 Å². The SMILES string of the molecule is CCOc1cc(/C=N/NC(=O)c2ccc(COc3ccc(-n4c(C)ccc4C)cc3)o2)ccc1OCC(=O)Nc1ccccc1. The third-order valence-corrected chi connectivity index (χ3v) is 6.70. The number of ether oxygens (including phenoxy) is 3. The monoisotopic (exact) mass is 606 g/mol. The minimum atomic E-state index is -0.506. The van der Waals surface area contributed by atoms with Crippen LogP contribution in [0.2, 0.25) is 0 Å². The van der Waals surface area contributed by atoms with Crippen molar-refractivity contribution in [1.82, 2.24) is 9.99 Å². The normalized spacial score (nSPS) is 10.9.